The number of nitrogen functional groups attached to an aromatic ring is 1. The van der Waals surface area contributed by atoms with Crippen LogP contribution in [0.1, 0.15) is 47.4 Å². The summed E-state index contributed by atoms with van der Waals surface area (Å²) in [5.74, 6) is 0.836. The fraction of sp³-hybridized carbons (Fsp3) is 0.538. The van der Waals surface area contributed by atoms with Crippen LogP contribution in [0.15, 0.2) is 6.07 Å². The fourth-order valence-electron chi connectivity index (χ4n) is 2.73. The van der Waals surface area contributed by atoms with Gasteiger partial charge in [0, 0.05) is 5.69 Å². The third-order valence-corrected chi connectivity index (χ3v) is 3.77. The zero-order chi connectivity index (χ0) is 9.71. The Morgan fingerprint density at radius 2 is 2.07 bits per heavy atom. The fourth-order valence-corrected chi connectivity index (χ4v) is 2.73. The van der Waals surface area contributed by atoms with Crippen LogP contribution in [0.5, 0.6) is 0 Å². The molecule has 0 aliphatic heterocycles. The highest BCUT2D eigenvalue weighted by Gasteiger charge is 2.28. The molecule has 2 aliphatic rings. The smallest absolute Gasteiger partial charge is 0.0381 e. The Labute approximate surface area is 85.3 Å². The molecule has 3 rings (SSSR count). The molecule has 0 atom stereocenters. The second kappa shape index (κ2) is 2.75. The van der Waals surface area contributed by atoms with Crippen molar-refractivity contribution in [3.8, 4) is 0 Å². The van der Waals surface area contributed by atoms with Crippen LogP contribution in [-0.2, 0) is 12.8 Å². The van der Waals surface area contributed by atoms with Crippen LogP contribution in [0.3, 0.4) is 0 Å². The first-order valence-corrected chi connectivity index (χ1v) is 5.68. The number of nitrogens with two attached hydrogens (primary N) is 1. The Balaban J connectivity index is 2.18. The predicted molar refractivity (Wildman–Crippen MR) is 59.6 cm³/mol. The molecule has 1 nitrogen and oxygen atoms in total. The maximum Gasteiger partial charge on any atom is 0.0381 e. The molecule has 2 N–H and O–H groups in total. The molecule has 0 aromatic heterocycles. The zero-order valence-corrected chi connectivity index (χ0v) is 8.77. The lowest BCUT2D eigenvalue weighted by atomic mass is 9.95. The first kappa shape index (κ1) is 8.34. The van der Waals surface area contributed by atoms with Gasteiger partial charge in [0.1, 0.15) is 0 Å². The summed E-state index contributed by atoms with van der Waals surface area (Å²) in [6.07, 6.45) is 6.50. The van der Waals surface area contributed by atoms with Gasteiger partial charge in [-0.25, -0.2) is 0 Å². The van der Waals surface area contributed by atoms with Gasteiger partial charge in [0.05, 0.1) is 0 Å². The quantitative estimate of drug-likeness (QED) is 0.672. The number of anilines is 1. The van der Waals surface area contributed by atoms with Crippen LogP contribution in [-0.4, -0.2) is 0 Å². The number of hydrogen-bond acceptors (Lipinski definition) is 1. The van der Waals surface area contributed by atoms with Gasteiger partial charge in [-0.3, -0.25) is 0 Å². The molecule has 0 saturated heterocycles. The van der Waals surface area contributed by atoms with Crippen molar-refractivity contribution in [3.05, 3.63) is 28.3 Å². The van der Waals surface area contributed by atoms with Crippen molar-refractivity contribution in [3.63, 3.8) is 0 Å². The van der Waals surface area contributed by atoms with Crippen LogP contribution >= 0.6 is 0 Å². The van der Waals surface area contributed by atoms with E-state index in [0.717, 1.165) is 11.6 Å². The summed E-state index contributed by atoms with van der Waals surface area (Å²) >= 11 is 0. The van der Waals surface area contributed by atoms with Gasteiger partial charge in [0.25, 0.3) is 0 Å². The summed E-state index contributed by atoms with van der Waals surface area (Å²) in [7, 11) is 0. The van der Waals surface area contributed by atoms with E-state index in [0.29, 0.717) is 0 Å². The minimum Gasteiger partial charge on any atom is -0.398 e. The highest BCUT2D eigenvalue weighted by atomic mass is 14.6. The van der Waals surface area contributed by atoms with E-state index in [9.17, 15) is 0 Å². The lowest BCUT2D eigenvalue weighted by molar-refractivity contribution is 0.912. The number of benzene rings is 1. The first-order valence-electron chi connectivity index (χ1n) is 5.68. The summed E-state index contributed by atoms with van der Waals surface area (Å²) in [5, 5.41) is 0. The molecule has 1 aromatic carbocycles. The van der Waals surface area contributed by atoms with Crippen molar-refractivity contribution in [1.29, 1.82) is 0 Å². The normalized spacial score (nSPS) is 19.8. The van der Waals surface area contributed by atoms with Gasteiger partial charge in [-0.1, -0.05) is 6.07 Å². The maximum atomic E-state index is 6.20. The minimum absolute atomic E-state index is 0.836. The third kappa shape index (κ3) is 1.08. The molecule has 0 bridgehead atoms. The van der Waals surface area contributed by atoms with Crippen molar-refractivity contribution >= 4 is 5.69 Å². The summed E-state index contributed by atoms with van der Waals surface area (Å²) in [4.78, 5) is 0. The monoisotopic (exact) mass is 187 g/mol. The number of fused-ring (bicyclic) bond motifs is 1. The molecule has 0 amide bonds. The Kier molecular flexibility index (Phi) is 1.64. The molecule has 1 aromatic rings. The van der Waals surface area contributed by atoms with E-state index < -0.39 is 0 Å². The standard InChI is InChI=1S/C13H17N/c1-8-12(9-5-6-9)7-10-3-2-4-11(10)13(8)14/h7,9H,2-6,14H2,1H3. The van der Waals surface area contributed by atoms with Crippen molar-refractivity contribution < 1.29 is 0 Å². The Morgan fingerprint density at radius 1 is 1.29 bits per heavy atom. The van der Waals surface area contributed by atoms with Gasteiger partial charge < -0.3 is 5.73 Å². The summed E-state index contributed by atoms with van der Waals surface area (Å²) in [6.45, 7) is 2.20. The van der Waals surface area contributed by atoms with E-state index in [4.69, 9.17) is 5.73 Å². The molecule has 0 heterocycles. The van der Waals surface area contributed by atoms with Gasteiger partial charge >= 0.3 is 0 Å². The van der Waals surface area contributed by atoms with Crippen molar-refractivity contribution in [1.82, 2.24) is 0 Å². The largest absolute Gasteiger partial charge is 0.398 e. The Hall–Kier alpha value is -0.980. The van der Waals surface area contributed by atoms with E-state index in [-0.39, 0.29) is 0 Å². The summed E-state index contributed by atoms with van der Waals surface area (Å²) in [5.41, 5.74) is 13.2. The second-order valence-corrected chi connectivity index (χ2v) is 4.77. The van der Waals surface area contributed by atoms with Crippen molar-refractivity contribution in [2.24, 2.45) is 0 Å². The van der Waals surface area contributed by atoms with Gasteiger partial charge in [-0.2, -0.15) is 0 Å². The third-order valence-electron chi connectivity index (χ3n) is 3.77. The predicted octanol–water partition coefficient (Wildman–Crippen LogP) is 2.94. The first-order chi connectivity index (χ1) is 6.77. The molecule has 0 unspecified atom stereocenters. The highest BCUT2D eigenvalue weighted by Crippen LogP contribution is 2.45. The van der Waals surface area contributed by atoms with Crippen LogP contribution in [0.4, 0.5) is 5.69 Å². The number of aryl methyl sites for hydroxylation is 1. The minimum atomic E-state index is 0.836. The summed E-state index contributed by atoms with van der Waals surface area (Å²) in [6, 6.07) is 2.44. The maximum absolute atomic E-state index is 6.20. The lowest BCUT2D eigenvalue weighted by Gasteiger charge is -2.12. The van der Waals surface area contributed by atoms with Crippen molar-refractivity contribution in [2.45, 2.75) is 44.9 Å². The second-order valence-electron chi connectivity index (χ2n) is 4.77. The molecule has 0 radical (unpaired) electrons. The molecular weight excluding hydrogens is 170 g/mol. The zero-order valence-electron chi connectivity index (χ0n) is 8.77. The average Bonchev–Trinajstić information content (AvgIpc) is 2.91. The van der Waals surface area contributed by atoms with Crippen LogP contribution < -0.4 is 5.73 Å². The van der Waals surface area contributed by atoms with Crippen LogP contribution in [0, 0.1) is 6.92 Å². The lowest BCUT2D eigenvalue weighted by Crippen LogP contribution is -2.00. The van der Waals surface area contributed by atoms with Gasteiger partial charge in [-0.05, 0) is 67.2 Å². The number of rotatable bonds is 1. The molecule has 1 fully saturated rings. The molecule has 1 saturated carbocycles. The number of hydrogen-bond donors (Lipinski definition) is 1. The van der Waals surface area contributed by atoms with E-state index >= 15 is 0 Å². The highest BCUT2D eigenvalue weighted by molar-refractivity contribution is 5.62. The molecule has 0 spiro atoms. The van der Waals surface area contributed by atoms with Gasteiger partial charge in [0.2, 0.25) is 0 Å². The molecule has 2 aliphatic carbocycles. The van der Waals surface area contributed by atoms with Crippen LogP contribution in [0.25, 0.3) is 0 Å². The van der Waals surface area contributed by atoms with Gasteiger partial charge in [-0.15, -0.1) is 0 Å². The average molecular weight is 187 g/mol. The van der Waals surface area contributed by atoms with E-state index in [2.05, 4.69) is 13.0 Å². The van der Waals surface area contributed by atoms with E-state index in [1.807, 2.05) is 0 Å². The summed E-state index contributed by atoms with van der Waals surface area (Å²) < 4.78 is 0. The topological polar surface area (TPSA) is 26.0 Å². The van der Waals surface area contributed by atoms with E-state index in [1.165, 1.54) is 48.8 Å². The van der Waals surface area contributed by atoms with Gasteiger partial charge in [0.15, 0.2) is 0 Å². The van der Waals surface area contributed by atoms with Crippen molar-refractivity contribution in [2.75, 3.05) is 5.73 Å². The molecule has 74 valence electrons. The molecular formula is C13H17N. The van der Waals surface area contributed by atoms with E-state index in [1.54, 1.807) is 5.56 Å². The Bertz CT molecular complexity index is 389. The Morgan fingerprint density at radius 3 is 2.79 bits per heavy atom. The molecule has 1 heteroatoms. The SMILES string of the molecule is Cc1c(C2CC2)cc2c(c1N)CCC2. The van der Waals surface area contributed by atoms with Crippen LogP contribution in [0.2, 0.25) is 0 Å². The molecule has 14 heavy (non-hydrogen) atoms.